The third-order valence-electron chi connectivity index (χ3n) is 4.59. The molecule has 3 rings (SSSR count). The first-order valence-corrected chi connectivity index (χ1v) is 8.56. The number of hydrogen-bond acceptors (Lipinski definition) is 5. The fraction of sp³-hybridized carbons (Fsp3) is 0.190. The molecule has 0 saturated carbocycles. The Balaban J connectivity index is 2.05. The van der Waals surface area contributed by atoms with Gasteiger partial charge in [0.25, 0.3) is 11.8 Å². The maximum atomic E-state index is 13.0. The fourth-order valence-electron chi connectivity index (χ4n) is 2.85. The Labute approximate surface area is 162 Å². The normalized spacial score (nSPS) is 15.6. The Bertz CT molecular complexity index is 1010. The molecule has 1 saturated heterocycles. The first kappa shape index (κ1) is 19.2. The second kappa shape index (κ2) is 7.56. The molecule has 7 heteroatoms. The molecule has 1 heterocycles. The van der Waals surface area contributed by atoms with Crippen molar-refractivity contribution in [3.63, 3.8) is 0 Å². The van der Waals surface area contributed by atoms with Crippen LogP contribution in [0.25, 0.3) is 6.08 Å². The Morgan fingerprint density at radius 2 is 1.68 bits per heavy atom. The predicted octanol–water partition coefficient (Wildman–Crippen LogP) is 2.99. The number of aryl methyl sites for hydroxylation is 2. The molecule has 0 bridgehead atoms. The highest BCUT2D eigenvalue weighted by Crippen LogP contribution is 2.29. The van der Waals surface area contributed by atoms with Crippen LogP contribution in [-0.4, -0.2) is 32.1 Å². The lowest BCUT2D eigenvalue weighted by atomic mass is 10.0. The van der Waals surface area contributed by atoms with Crippen molar-refractivity contribution < 1.29 is 23.9 Å². The van der Waals surface area contributed by atoms with Crippen LogP contribution in [0.5, 0.6) is 11.5 Å². The number of nitrogens with zero attached hydrogens (tertiary/aromatic N) is 1. The summed E-state index contributed by atoms with van der Waals surface area (Å²) in [5.41, 5.74) is 2.70. The molecule has 2 aromatic carbocycles. The number of imide groups is 2. The molecule has 0 aliphatic carbocycles. The van der Waals surface area contributed by atoms with E-state index in [-0.39, 0.29) is 5.57 Å². The van der Waals surface area contributed by atoms with Crippen LogP contribution >= 0.6 is 0 Å². The van der Waals surface area contributed by atoms with E-state index in [1.165, 1.54) is 20.3 Å². The second-order valence-corrected chi connectivity index (χ2v) is 6.33. The number of carbonyl (C=O) groups is 3. The second-order valence-electron chi connectivity index (χ2n) is 6.33. The van der Waals surface area contributed by atoms with Gasteiger partial charge >= 0.3 is 6.03 Å². The third kappa shape index (κ3) is 3.46. The number of ether oxygens (including phenoxy) is 2. The molecule has 7 nitrogen and oxygen atoms in total. The molecular formula is C21H20N2O5. The number of anilines is 1. The van der Waals surface area contributed by atoms with Crippen LogP contribution in [0, 0.1) is 13.8 Å². The van der Waals surface area contributed by atoms with Crippen molar-refractivity contribution in [2.45, 2.75) is 13.8 Å². The smallest absolute Gasteiger partial charge is 0.335 e. The third-order valence-corrected chi connectivity index (χ3v) is 4.59. The molecule has 0 radical (unpaired) electrons. The number of amides is 4. The van der Waals surface area contributed by atoms with E-state index in [1.807, 2.05) is 19.9 Å². The molecule has 4 amide bonds. The van der Waals surface area contributed by atoms with Crippen molar-refractivity contribution in [3.05, 3.63) is 58.7 Å². The Morgan fingerprint density at radius 3 is 2.32 bits per heavy atom. The Hall–Kier alpha value is -3.61. The van der Waals surface area contributed by atoms with Gasteiger partial charge in [-0.15, -0.1) is 0 Å². The van der Waals surface area contributed by atoms with E-state index in [2.05, 4.69) is 5.32 Å². The monoisotopic (exact) mass is 380 g/mol. The topological polar surface area (TPSA) is 84.9 Å². The van der Waals surface area contributed by atoms with Gasteiger partial charge in [0, 0.05) is 11.6 Å². The van der Waals surface area contributed by atoms with E-state index in [4.69, 9.17) is 9.47 Å². The highest BCUT2D eigenvalue weighted by molar-refractivity contribution is 6.39. The summed E-state index contributed by atoms with van der Waals surface area (Å²) in [5, 5.41) is 2.22. The van der Waals surface area contributed by atoms with Crippen LogP contribution in [0.3, 0.4) is 0 Å². The number of benzene rings is 2. The van der Waals surface area contributed by atoms with Gasteiger partial charge in [-0.05, 0) is 55.3 Å². The zero-order valence-corrected chi connectivity index (χ0v) is 16.0. The SMILES string of the molecule is COc1ccc(/C=C2\C(=O)NC(=O)N(c3ccc(C)c(C)c3)C2=O)c(OC)c1. The van der Waals surface area contributed by atoms with Gasteiger partial charge in [-0.3, -0.25) is 14.9 Å². The van der Waals surface area contributed by atoms with Crippen LogP contribution in [0.4, 0.5) is 10.5 Å². The molecule has 0 unspecified atom stereocenters. The maximum Gasteiger partial charge on any atom is 0.335 e. The molecule has 28 heavy (non-hydrogen) atoms. The summed E-state index contributed by atoms with van der Waals surface area (Å²) in [5.74, 6) is -0.449. The van der Waals surface area contributed by atoms with Crippen molar-refractivity contribution in [2.24, 2.45) is 0 Å². The molecule has 2 aromatic rings. The van der Waals surface area contributed by atoms with Gasteiger partial charge in [0.1, 0.15) is 17.1 Å². The highest BCUT2D eigenvalue weighted by Gasteiger charge is 2.37. The average molecular weight is 380 g/mol. The standard InChI is InChI=1S/C21H20N2O5/c1-12-5-7-15(9-13(12)2)23-20(25)17(19(24)22-21(23)26)10-14-6-8-16(27-3)11-18(14)28-4/h5-11H,1-4H3,(H,22,24,26)/b17-10+. The minimum Gasteiger partial charge on any atom is -0.497 e. The summed E-state index contributed by atoms with van der Waals surface area (Å²) in [6.45, 7) is 3.82. The van der Waals surface area contributed by atoms with E-state index < -0.39 is 17.8 Å². The Kier molecular flexibility index (Phi) is 5.17. The summed E-state index contributed by atoms with van der Waals surface area (Å²) in [6.07, 6.45) is 1.40. The zero-order valence-electron chi connectivity index (χ0n) is 16.0. The number of hydrogen-bond donors (Lipinski definition) is 1. The van der Waals surface area contributed by atoms with Gasteiger partial charge in [0.2, 0.25) is 0 Å². The first-order valence-electron chi connectivity index (χ1n) is 8.56. The first-order chi connectivity index (χ1) is 13.3. The van der Waals surface area contributed by atoms with Crippen molar-refractivity contribution in [3.8, 4) is 11.5 Å². The molecule has 0 aromatic heterocycles. The zero-order chi connectivity index (χ0) is 20.4. The maximum absolute atomic E-state index is 13.0. The van der Waals surface area contributed by atoms with Crippen molar-refractivity contribution in [1.29, 1.82) is 0 Å². The lowest BCUT2D eigenvalue weighted by Gasteiger charge is -2.27. The van der Waals surface area contributed by atoms with Gasteiger partial charge in [-0.25, -0.2) is 9.69 Å². The van der Waals surface area contributed by atoms with Gasteiger partial charge < -0.3 is 9.47 Å². The van der Waals surface area contributed by atoms with E-state index in [0.29, 0.717) is 22.7 Å². The van der Waals surface area contributed by atoms with Crippen molar-refractivity contribution >= 4 is 29.6 Å². The molecule has 144 valence electrons. The van der Waals surface area contributed by atoms with Gasteiger partial charge in [0.05, 0.1) is 19.9 Å². The minimum absolute atomic E-state index is 0.165. The van der Waals surface area contributed by atoms with Crippen LogP contribution in [0.2, 0.25) is 0 Å². The fourth-order valence-corrected chi connectivity index (χ4v) is 2.85. The van der Waals surface area contributed by atoms with Crippen LogP contribution in [0.15, 0.2) is 42.0 Å². The summed E-state index contributed by atoms with van der Waals surface area (Å²) < 4.78 is 10.5. The number of barbiturate groups is 1. The van der Waals surface area contributed by atoms with Gasteiger partial charge in [-0.2, -0.15) is 0 Å². The molecule has 1 aliphatic rings. The largest absolute Gasteiger partial charge is 0.497 e. The van der Waals surface area contributed by atoms with E-state index >= 15 is 0 Å². The van der Waals surface area contributed by atoms with E-state index in [0.717, 1.165) is 16.0 Å². The van der Waals surface area contributed by atoms with Crippen molar-refractivity contribution in [2.75, 3.05) is 19.1 Å². The highest BCUT2D eigenvalue weighted by atomic mass is 16.5. The predicted molar refractivity (Wildman–Crippen MR) is 104 cm³/mol. The van der Waals surface area contributed by atoms with Crippen LogP contribution < -0.4 is 19.7 Å². The molecule has 1 aliphatic heterocycles. The summed E-state index contributed by atoms with van der Waals surface area (Å²) in [7, 11) is 3.00. The summed E-state index contributed by atoms with van der Waals surface area (Å²) >= 11 is 0. The molecular weight excluding hydrogens is 360 g/mol. The van der Waals surface area contributed by atoms with E-state index in [1.54, 1.807) is 30.3 Å². The number of methoxy groups -OCH3 is 2. The number of urea groups is 1. The van der Waals surface area contributed by atoms with Gasteiger partial charge in [-0.1, -0.05) is 6.07 Å². The molecule has 1 N–H and O–H groups in total. The Morgan fingerprint density at radius 1 is 0.929 bits per heavy atom. The molecule has 0 spiro atoms. The van der Waals surface area contributed by atoms with Crippen LogP contribution in [0.1, 0.15) is 16.7 Å². The minimum atomic E-state index is -0.780. The molecule has 1 fully saturated rings. The van der Waals surface area contributed by atoms with Crippen molar-refractivity contribution in [1.82, 2.24) is 5.32 Å². The lowest BCUT2D eigenvalue weighted by Crippen LogP contribution is -2.54. The van der Waals surface area contributed by atoms with Crippen LogP contribution in [-0.2, 0) is 9.59 Å². The average Bonchev–Trinajstić information content (AvgIpc) is 2.67. The lowest BCUT2D eigenvalue weighted by molar-refractivity contribution is -0.122. The summed E-state index contributed by atoms with van der Waals surface area (Å²) in [6, 6.07) is 9.43. The quantitative estimate of drug-likeness (QED) is 0.651. The number of rotatable bonds is 4. The van der Waals surface area contributed by atoms with Gasteiger partial charge in [0.15, 0.2) is 0 Å². The summed E-state index contributed by atoms with van der Waals surface area (Å²) in [4.78, 5) is 38.6. The number of nitrogens with one attached hydrogen (secondary N) is 1. The number of carbonyl (C=O) groups excluding carboxylic acids is 3. The van der Waals surface area contributed by atoms with E-state index in [9.17, 15) is 14.4 Å². The molecule has 0 atom stereocenters.